The molecule has 1 aromatic carbocycles. The van der Waals surface area contributed by atoms with E-state index in [1.165, 1.54) is 5.56 Å². The lowest BCUT2D eigenvalue weighted by Crippen LogP contribution is -2.49. The Hall–Kier alpha value is -2.25. The van der Waals surface area contributed by atoms with Crippen molar-refractivity contribution in [2.24, 2.45) is 0 Å². The molecule has 7 heteroatoms. The fourth-order valence-electron chi connectivity index (χ4n) is 3.75. The molecule has 0 unspecified atom stereocenters. The number of hydrogen-bond donors (Lipinski definition) is 0. The van der Waals surface area contributed by atoms with Gasteiger partial charge in [-0.2, -0.15) is 0 Å². The molecule has 144 valence electrons. The second-order valence-corrected chi connectivity index (χ2v) is 7.39. The molecule has 2 aliphatic heterocycles. The van der Waals surface area contributed by atoms with E-state index < -0.39 is 0 Å². The number of likely N-dealkylation sites (tertiary alicyclic amines) is 1. The quantitative estimate of drug-likeness (QED) is 0.767. The van der Waals surface area contributed by atoms with E-state index in [4.69, 9.17) is 4.42 Å². The maximum Gasteiger partial charge on any atom is 0.236 e. The third-order valence-corrected chi connectivity index (χ3v) is 5.35. The predicted octanol–water partition coefficient (Wildman–Crippen LogP) is 1.40. The summed E-state index contributed by atoms with van der Waals surface area (Å²) in [6.45, 7) is 6.75. The van der Waals surface area contributed by atoms with Crippen molar-refractivity contribution in [3.8, 4) is 0 Å². The number of rotatable bonds is 6. The lowest BCUT2D eigenvalue weighted by Gasteiger charge is -2.34. The van der Waals surface area contributed by atoms with Crippen LogP contribution in [0.3, 0.4) is 0 Å². The number of nitrogens with zero attached hydrogens (tertiary/aromatic N) is 5. The summed E-state index contributed by atoms with van der Waals surface area (Å²) >= 11 is 0. The van der Waals surface area contributed by atoms with Gasteiger partial charge in [-0.05, 0) is 18.4 Å². The van der Waals surface area contributed by atoms with Gasteiger partial charge >= 0.3 is 0 Å². The smallest absolute Gasteiger partial charge is 0.236 e. The molecule has 2 saturated heterocycles. The summed E-state index contributed by atoms with van der Waals surface area (Å²) in [4.78, 5) is 18.8. The molecule has 2 aliphatic rings. The van der Waals surface area contributed by atoms with Gasteiger partial charge in [0, 0.05) is 39.3 Å². The number of carbonyl (C=O) groups is 1. The van der Waals surface area contributed by atoms with Crippen LogP contribution in [-0.4, -0.2) is 76.6 Å². The molecule has 27 heavy (non-hydrogen) atoms. The van der Waals surface area contributed by atoms with Crippen molar-refractivity contribution in [2.75, 3.05) is 45.8 Å². The van der Waals surface area contributed by atoms with Crippen LogP contribution in [0, 0.1) is 0 Å². The van der Waals surface area contributed by atoms with Gasteiger partial charge in [0.05, 0.1) is 19.5 Å². The Morgan fingerprint density at radius 2 is 1.56 bits per heavy atom. The van der Waals surface area contributed by atoms with Gasteiger partial charge in [-0.15, -0.1) is 10.2 Å². The van der Waals surface area contributed by atoms with E-state index in [1.54, 1.807) is 0 Å². The van der Waals surface area contributed by atoms with E-state index in [0.717, 1.165) is 52.1 Å². The molecule has 7 nitrogen and oxygen atoms in total. The normalized spacial score (nSPS) is 18.9. The molecule has 0 saturated carbocycles. The average Bonchev–Trinajstić information content (AvgIpc) is 3.37. The fraction of sp³-hybridized carbons (Fsp3) is 0.550. The molecule has 0 spiro atoms. The summed E-state index contributed by atoms with van der Waals surface area (Å²) in [5.74, 6) is 1.61. The van der Waals surface area contributed by atoms with E-state index >= 15 is 0 Å². The Bertz CT molecular complexity index is 734. The van der Waals surface area contributed by atoms with Gasteiger partial charge in [0.15, 0.2) is 0 Å². The lowest BCUT2D eigenvalue weighted by molar-refractivity contribution is -0.131. The summed E-state index contributed by atoms with van der Waals surface area (Å²) < 4.78 is 5.81. The number of benzene rings is 1. The number of piperazine rings is 1. The van der Waals surface area contributed by atoms with Crippen molar-refractivity contribution in [1.29, 1.82) is 0 Å². The van der Waals surface area contributed by atoms with Crippen molar-refractivity contribution < 1.29 is 9.21 Å². The molecule has 0 aliphatic carbocycles. The zero-order valence-corrected chi connectivity index (χ0v) is 15.7. The Kier molecular flexibility index (Phi) is 5.79. The lowest BCUT2D eigenvalue weighted by atomic mass is 10.2. The van der Waals surface area contributed by atoms with Gasteiger partial charge in [0.1, 0.15) is 0 Å². The molecule has 0 radical (unpaired) electrons. The highest BCUT2D eigenvalue weighted by Crippen LogP contribution is 2.12. The van der Waals surface area contributed by atoms with Crippen LogP contribution >= 0.6 is 0 Å². The molecule has 1 amide bonds. The number of aromatic nitrogens is 2. The van der Waals surface area contributed by atoms with E-state index in [9.17, 15) is 4.79 Å². The number of amides is 1. The first-order chi connectivity index (χ1) is 13.3. The molecule has 0 N–H and O–H groups in total. The van der Waals surface area contributed by atoms with Crippen LogP contribution in [0.2, 0.25) is 0 Å². The molecule has 0 bridgehead atoms. The van der Waals surface area contributed by atoms with Crippen LogP contribution in [0.1, 0.15) is 30.2 Å². The maximum atomic E-state index is 12.3. The van der Waals surface area contributed by atoms with Crippen molar-refractivity contribution in [1.82, 2.24) is 24.9 Å². The van der Waals surface area contributed by atoms with E-state index in [1.807, 2.05) is 23.1 Å². The van der Waals surface area contributed by atoms with Crippen LogP contribution in [-0.2, 0) is 17.8 Å². The highest BCUT2D eigenvalue weighted by molar-refractivity contribution is 5.78. The summed E-state index contributed by atoms with van der Waals surface area (Å²) in [5, 5.41) is 8.36. The van der Waals surface area contributed by atoms with Crippen LogP contribution < -0.4 is 0 Å². The van der Waals surface area contributed by atoms with E-state index in [-0.39, 0.29) is 5.91 Å². The summed E-state index contributed by atoms with van der Waals surface area (Å²) in [5.41, 5.74) is 1.17. The molecule has 1 aromatic heterocycles. The zero-order chi connectivity index (χ0) is 18.5. The van der Waals surface area contributed by atoms with Crippen molar-refractivity contribution >= 4 is 5.91 Å². The molecule has 4 rings (SSSR count). The monoisotopic (exact) mass is 369 g/mol. The maximum absolute atomic E-state index is 12.3. The summed E-state index contributed by atoms with van der Waals surface area (Å²) in [6.07, 6.45) is 2.96. The molecular weight excluding hydrogens is 342 g/mol. The first-order valence-electron chi connectivity index (χ1n) is 9.84. The van der Waals surface area contributed by atoms with Crippen LogP contribution in [0.4, 0.5) is 0 Å². The number of hydrogen-bond acceptors (Lipinski definition) is 6. The van der Waals surface area contributed by atoms with Gasteiger partial charge in [-0.25, -0.2) is 0 Å². The van der Waals surface area contributed by atoms with Gasteiger partial charge in [-0.1, -0.05) is 30.3 Å². The fourth-order valence-corrected chi connectivity index (χ4v) is 3.75. The average molecular weight is 369 g/mol. The second kappa shape index (κ2) is 8.63. The van der Waals surface area contributed by atoms with Gasteiger partial charge < -0.3 is 9.32 Å². The van der Waals surface area contributed by atoms with Crippen molar-refractivity contribution in [3.63, 3.8) is 0 Å². The summed E-state index contributed by atoms with van der Waals surface area (Å²) in [6, 6.07) is 10.2. The van der Waals surface area contributed by atoms with Gasteiger partial charge in [0.25, 0.3) is 0 Å². The summed E-state index contributed by atoms with van der Waals surface area (Å²) in [7, 11) is 0. The largest absolute Gasteiger partial charge is 0.424 e. The van der Waals surface area contributed by atoms with Crippen LogP contribution in [0.25, 0.3) is 0 Å². The molecule has 2 fully saturated rings. The molecule has 0 atom stereocenters. The van der Waals surface area contributed by atoms with Crippen LogP contribution in [0.15, 0.2) is 34.7 Å². The first-order valence-corrected chi connectivity index (χ1v) is 9.84. The van der Waals surface area contributed by atoms with Crippen molar-refractivity contribution in [2.45, 2.75) is 25.8 Å². The van der Waals surface area contributed by atoms with Crippen molar-refractivity contribution in [3.05, 3.63) is 47.7 Å². The standard InChI is InChI=1S/C20H27N5O2/c26-20(25-8-4-5-9-25)16-24-12-10-23(11-13-24)15-19-22-21-18(27-19)14-17-6-2-1-3-7-17/h1-3,6-7H,4-5,8-16H2. The molecular formula is C20H27N5O2. The number of carbonyl (C=O) groups excluding carboxylic acids is 1. The Morgan fingerprint density at radius 3 is 2.30 bits per heavy atom. The molecule has 3 heterocycles. The Labute approximate surface area is 159 Å². The zero-order valence-electron chi connectivity index (χ0n) is 15.7. The SMILES string of the molecule is O=C(CN1CCN(Cc2nnc(Cc3ccccc3)o2)CC1)N1CCCC1. The third kappa shape index (κ3) is 4.93. The topological polar surface area (TPSA) is 65.7 Å². The second-order valence-electron chi connectivity index (χ2n) is 7.39. The minimum absolute atomic E-state index is 0.281. The third-order valence-electron chi connectivity index (χ3n) is 5.35. The Morgan fingerprint density at radius 1 is 0.889 bits per heavy atom. The predicted molar refractivity (Wildman–Crippen MR) is 101 cm³/mol. The van der Waals surface area contributed by atoms with Crippen LogP contribution in [0.5, 0.6) is 0 Å². The first kappa shape index (κ1) is 18.1. The minimum Gasteiger partial charge on any atom is -0.424 e. The minimum atomic E-state index is 0.281. The molecule has 2 aromatic rings. The highest BCUT2D eigenvalue weighted by atomic mass is 16.4. The van der Waals surface area contributed by atoms with E-state index in [0.29, 0.717) is 31.3 Å². The van der Waals surface area contributed by atoms with Gasteiger partial charge in [0.2, 0.25) is 17.7 Å². The highest BCUT2D eigenvalue weighted by Gasteiger charge is 2.24. The Balaban J connectivity index is 1.22. The van der Waals surface area contributed by atoms with E-state index in [2.05, 4.69) is 32.1 Å². The van der Waals surface area contributed by atoms with Gasteiger partial charge in [-0.3, -0.25) is 14.6 Å².